The Morgan fingerprint density at radius 3 is 2.62 bits per heavy atom. The summed E-state index contributed by atoms with van der Waals surface area (Å²) in [5.74, 6) is 0. The number of nitrogen functional groups attached to an aromatic ring is 1. The lowest BCUT2D eigenvalue weighted by atomic mass is 10.3. The van der Waals surface area contributed by atoms with Crippen LogP contribution in [0, 0.1) is 0 Å². The molecule has 1 heterocycles. The monoisotopic (exact) mass is 202 g/mol. The van der Waals surface area contributed by atoms with E-state index >= 15 is 0 Å². The van der Waals surface area contributed by atoms with E-state index in [0.29, 0.717) is 5.69 Å². The van der Waals surface area contributed by atoms with Crippen molar-refractivity contribution in [2.75, 3.05) is 17.1 Å². The minimum absolute atomic E-state index is 0.263. The van der Waals surface area contributed by atoms with Gasteiger partial charge in [-0.15, -0.1) is 0 Å². The predicted octanol–water partition coefficient (Wildman–Crippen LogP) is -0.696. The number of hydrogen-bond acceptors (Lipinski definition) is 4. The highest BCUT2D eigenvalue weighted by Gasteiger charge is 2.14. The van der Waals surface area contributed by atoms with Crippen molar-refractivity contribution in [3.63, 3.8) is 0 Å². The summed E-state index contributed by atoms with van der Waals surface area (Å²) in [4.78, 5) is 3.72. The highest BCUT2D eigenvalue weighted by atomic mass is 32.2. The first kappa shape index (κ1) is 9.75. The summed E-state index contributed by atoms with van der Waals surface area (Å²) in [7, 11) is -2.43. The Labute approximate surface area is 76.4 Å². The quantitative estimate of drug-likeness (QED) is 0.662. The number of nitrogens with zero attached hydrogens (tertiary/aromatic N) is 2. The van der Waals surface area contributed by atoms with E-state index < -0.39 is 10.2 Å². The molecule has 0 atom stereocenters. The Hall–Kier alpha value is -1.34. The summed E-state index contributed by atoms with van der Waals surface area (Å²) < 4.78 is 22.7. The van der Waals surface area contributed by atoms with Crippen molar-refractivity contribution in [2.24, 2.45) is 5.14 Å². The van der Waals surface area contributed by atoms with Gasteiger partial charge < -0.3 is 5.73 Å². The van der Waals surface area contributed by atoms with Crippen LogP contribution in [0.4, 0.5) is 11.4 Å². The molecule has 1 rings (SSSR count). The van der Waals surface area contributed by atoms with E-state index in [1.54, 1.807) is 0 Å². The molecule has 0 saturated heterocycles. The van der Waals surface area contributed by atoms with E-state index in [9.17, 15) is 8.42 Å². The van der Waals surface area contributed by atoms with Crippen molar-refractivity contribution < 1.29 is 8.42 Å². The summed E-state index contributed by atoms with van der Waals surface area (Å²) in [5.41, 5.74) is 6.07. The Kier molecular flexibility index (Phi) is 2.39. The van der Waals surface area contributed by atoms with Crippen molar-refractivity contribution in [3.8, 4) is 0 Å². The van der Waals surface area contributed by atoms with Gasteiger partial charge in [0.25, 0.3) is 10.2 Å². The number of hydrogen-bond donors (Lipinski definition) is 2. The number of aromatic nitrogens is 1. The van der Waals surface area contributed by atoms with Crippen LogP contribution in [0.15, 0.2) is 18.5 Å². The van der Waals surface area contributed by atoms with Crippen LogP contribution in [-0.2, 0) is 10.2 Å². The van der Waals surface area contributed by atoms with Gasteiger partial charge in [0.2, 0.25) is 0 Å². The third-order valence-electron chi connectivity index (χ3n) is 1.55. The molecule has 0 bridgehead atoms. The maximum absolute atomic E-state index is 10.9. The summed E-state index contributed by atoms with van der Waals surface area (Å²) >= 11 is 0. The molecular weight excluding hydrogens is 192 g/mol. The first-order valence-electron chi connectivity index (χ1n) is 3.39. The largest absolute Gasteiger partial charge is 0.396 e. The molecule has 7 heteroatoms. The fraction of sp³-hybridized carbons (Fsp3) is 0.167. The second kappa shape index (κ2) is 3.19. The molecule has 72 valence electrons. The Balaban J connectivity index is 3.17. The van der Waals surface area contributed by atoms with Crippen molar-refractivity contribution in [3.05, 3.63) is 18.5 Å². The minimum Gasteiger partial charge on any atom is -0.396 e. The lowest BCUT2D eigenvalue weighted by molar-refractivity contribution is 0.596. The van der Waals surface area contributed by atoms with Gasteiger partial charge in [-0.1, -0.05) is 0 Å². The summed E-state index contributed by atoms with van der Waals surface area (Å²) in [6, 6.07) is 1.47. The third-order valence-corrected chi connectivity index (χ3v) is 2.51. The van der Waals surface area contributed by atoms with Crippen LogP contribution >= 0.6 is 0 Å². The van der Waals surface area contributed by atoms with E-state index in [0.717, 1.165) is 4.31 Å². The standard InChI is InChI=1S/C6H10N4O2S/c1-10(13(8,11)12)6-2-3-9-4-5(6)7/h2-4H,7H2,1H3,(H2,8,11,12). The molecule has 0 aliphatic heterocycles. The molecular formula is C6H10N4O2S. The van der Waals surface area contributed by atoms with Gasteiger partial charge in [-0.05, 0) is 6.07 Å². The van der Waals surface area contributed by atoms with Gasteiger partial charge in [-0.2, -0.15) is 8.42 Å². The molecule has 4 N–H and O–H groups in total. The van der Waals surface area contributed by atoms with Gasteiger partial charge in [0.15, 0.2) is 0 Å². The van der Waals surface area contributed by atoms with Crippen molar-refractivity contribution in [1.82, 2.24) is 4.98 Å². The van der Waals surface area contributed by atoms with E-state index in [-0.39, 0.29) is 5.69 Å². The normalized spacial score (nSPS) is 11.2. The zero-order valence-corrected chi connectivity index (χ0v) is 7.82. The van der Waals surface area contributed by atoms with Crippen molar-refractivity contribution in [2.45, 2.75) is 0 Å². The molecule has 0 unspecified atom stereocenters. The predicted molar refractivity (Wildman–Crippen MR) is 50.2 cm³/mol. The lowest BCUT2D eigenvalue weighted by Crippen LogP contribution is -2.33. The van der Waals surface area contributed by atoms with Gasteiger partial charge in [0.05, 0.1) is 17.6 Å². The van der Waals surface area contributed by atoms with E-state index in [1.165, 1.54) is 25.5 Å². The first-order valence-corrected chi connectivity index (χ1v) is 4.89. The smallest absolute Gasteiger partial charge is 0.298 e. The average molecular weight is 202 g/mol. The zero-order chi connectivity index (χ0) is 10.1. The molecule has 13 heavy (non-hydrogen) atoms. The SMILES string of the molecule is CN(c1ccncc1N)S(N)(=O)=O. The lowest BCUT2D eigenvalue weighted by Gasteiger charge is -2.16. The Bertz CT molecular complexity index is 403. The van der Waals surface area contributed by atoms with Crippen LogP contribution < -0.4 is 15.2 Å². The van der Waals surface area contributed by atoms with Crippen LogP contribution in [0.2, 0.25) is 0 Å². The third kappa shape index (κ3) is 2.07. The van der Waals surface area contributed by atoms with Gasteiger partial charge in [0, 0.05) is 13.2 Å². The average Bonchev–Trinajstić information content (AvgIpc) is 2.02. The first-order chi connectivity index (χ1) is 5.93. The number of anilines is 2. The summed E-state index contributed by atoms with van der Waals surface area (Å²) in [6.07, 6.45) is 2.80. The molecule has 0 amide bonds. The zero-order valence-electron chi connectivity index (χ0n) is 7.01. The second-order valence-corrected chi connectivity index (χ2v) is 4.02. The molecule has 0 fully saturated rings. The molecule has 0 radical (unpaired) electrons. The van der Waals surface area contributed by atoms with Gasteiger partial charge in [-0.3, -0.25) is 9.29 Å². The van der Waals surface area contributed by atoms with Gasteiger partial charge in [0.1, 0.15) is 0 Å². The van der Waals surface area contributed by atoms with Crippen LogP contribution in [0.1, 0.15) is 0 Å². The summed E-state index contributed by atoms with van der Waals surface area (Å²) in [6.45, 7) is 0. The Morgan fingerprint density at radius 2 is 2.15 bits per heavy atom. The molecule has 0 aliphatic rings. The summed E-state index contributed by atoms with van der Waals surface area (Å²) in [5, 5.41) is 4.90. The topological polar surface area (TPSA) is 102 Å². The molecule has 0 saturated carbocycles. The van der Waals surface area contributed by atoms with E-state index in [1.807, 2.05) is 0 Å². The number of pyridine rings is 1. The fourth-order valence-corrected chi connectivity index (χ4v) is 1.26. The van der Waals surface area contributed by atoms with Crippen LogP contribution in [-0.4, -0.2) is 20.4 Å². The molecule has 1 aromatic rings. The van der Waals surface area contributed by atoms with E-state index in [2.05, 4.69) is 4.98 Å². The maximum Gasteiger partial charge on any atom is 0.298 e. The molecule has 1 aromatic heterocycles. The minimum atomic E-state index is -3.75. The van der Waals surface area contributed by atoms with Gasteiger partial charge >= 0.3 is 0 Å². The number of nitrogens with two attached hydrogens (primary N) is 2. The molecule has 0 spiro atoms. The maximum atomic E-state index is 10.9. The van der Waals surface area contributed by atoms with Crippen molar-refractivity contribution >= 4 is 21.6 Å². The number of rotatable bonds is 2. The van der Waals surface area contributed by atoms with E-state index in [4.69, 9.17) is 10.9 Å². The van der Waals surface area contributed by atoms with Crippen LogP contribution in [0.5, 0.6) is 0 Å². The van der Waals surface area contributed by atoms with Gasteiger partial charge in [-0.25, -0.2) is 5.14 Å². The van der Waals surface area contributed by atoms with Crippen LogP contribution in [0.3, 0.4) is 0 Å². The highest BCUT2D eigenvalue weighted by Crippen LogP contribution is 2.20. The molecule has 0 aromatic carbocycles. The van der Waals surface area contributed by atoms with Crippen LogP contribution in [0.25, 0.3) is 0 Å². The Morgan fingerprint density at radius 1 is 1.54 bits per heavy atom. The molecule has 6 nitrogen and oxygen atoms in total. The molecule has 0 aliphatic carbocycles. The van der Waals surface area contributed by atoms with Crippen molar-refractivity contribution in [1.29, 1.82) is 0 Å². The fourth-order valence-electron chi connectivity index (χ4n) is 0.823. The second-order valence-electron chi connectivity index (χ2n) is 2.45. The highest BCUT2D eigenvalue weighted by molar-refractivity contribution is 7.90.